The van der Waals surface area contributed by atoms with Crippen molar-refractivity contribution >= 4 is 10.9 Å². The van der Waals surface area contributed by atoms with Crippen molar-refractivity contribution in [3.05, 3.63) is 36.8 Å². The summed E-state index contributed by atoms with van der Waals surface area (Å²) in [5.74, 6) is 0.674. The van der Waals surface area contributed by atoms with Crippen molar-refractivity contribution in [2.24, 2.45) is 0 Å². The van der Waals surface area contributed by atoms with Gasteiger partial charge in [-0.2, -0.15) is 18.3 Å². The maximum atomic E-state index is 12.7. The van der Waals surface area contributed by atoms with Crippen molar-refractivity contribution in [2.45, 2.75) is 19.6 Å². The van der Waals surface area contributed by atoms with Crippen LogP contribution >= 0.6 is 0 Å². The number of alkyl halides is 3. The molecule has 0 radical (unpaired) electrons. The molecule has 0 bridgehead atoms. The van der Waals surface area contributed by atoms with E-state index in [0.29, 0.717) is 33.8 Å². The Labute approximate surface area is 186 Å². The fourth-order valence-corrected chi connectivity index (χ4v) is 3.41. The summed E-state index contributed by atoms with van der Waals surface area (Å²) in [5, 5.41) is 14.9. The molecule has 4 aromatic heterocycles. The summed E-state index contributed by atoms with van der Waals surface area (Å²) >= 11 is 0. The second-order valence-corrected chi connectivity index (χ2v) is 6.94. The van der Waals surface area contributed by atoms with Crippen LogP contribution in [-0.4, -0.2) is 56.4 Å². The van der Waals surface area contributed by atoms with Crippen LogP contribution in [0, 0.1) is 0 Å². The first-order chi connectivity index (χ1) is 15.8. The molecule has 4 rings (SSSR count). The van der Waals surface area contributed by atoms with Crippen molar-refractivity contribution in [1.82, 2.24) is 24.3 Å². The Bertz CT molecular complexity index is 1300. The minimum Gasteiger partial charge on any atom is -0.494 e. The van der Waals surface area contributed by atoms with Crippen LogP contribution in [0.25, 0.3) is 27.8 Å². The lowest BCUT2D eigenvalue weighted by Crippen LogP contribution is -2.17. The smallest absolute Gasteiger partial charge is 0.408 e. The molecule has 0 fully saturated rings. The van der Waals surface area contributed by atoms with Gasteiger partial charge < -0.3 is 19.3 Å². The van der Waals surface area contributed by atoms with Crippen LogP contribution in [0.15, 0.2) is 36.8 Å². The van der Waals surface area contributed by atoms with E-state index in [9.17, 15) is 18.3 Å². The summed E-state index contributed by atoms with van der Waals surface area (Å²) in [6, 6.07) is 5.03. The summed E-state index contributed by atoms with van der Waals surface area (Å²) in [7, 11) is 2.97. The molecule has 0 aliphatic heterocycles. The molecule has 0 saturated heterocycles. The van der Waals surface area contributed by atoms with Crippen LogP contribution in [0.5, 0.6) is 23.4 Å². The van der Waals surface area contributed by atoms with E-state index in [1.807, 2.05) is 0 Å². The Balaban J connectivity index is 1.84. The number of methoxy groups -OCH3 is 2. The zero-order valence-corrected chi connectivity index (χ0v) is 17.9. The molecule has 4 heterocycles. The lowest BCUT2D eigenvalue weighted by Gasteiger charge is -2.09. The Morgan fingerprint density at radius 3 is 2.58 bits per heavy atom. The molecule has 12 heteroatoms. The van der Waals surface area contributed by atoms with E-state index in [4.69, 9.17) is 14.2 Å². The molecule has 0 atom stereocenters. The van der Waals surface area contributed by atoms with Gasteiger partial charge in [-0.15, -0.1) is 0 Å². The maximum Gasteiger partial charge on any atom is 0.408 e. The molecular weight excluding hydrogens is 443 g/mol. The lowest BCUT2D eigenvalue weighted by molar-refractivity contribution is -0.142. The van der Waals surface area contributed by atoms with E-state index in [1.165, 1.54) is 31.2 Å². The van der Waals surface area contributed by atoms with Crippen molar-refractivity contribution < 1.29 is 32.5 Å². The second-order valence-electron chi connectivity index (χ2n) is 6.94. The van der Waals surface area contributed by atoms with Crippen LogP contribution in [-0.2, 0) is 6.54 Å². The molecule has 0 saturated carbocycles. The minimum atomic E-state index is -4.43. The van der Waals surface area contributed by atoms with Crippen LogP contribution in [0.2, 0.25) is 0 Å². The topological polar surface area (TPSA) is 96.5 Å². The summed E-state index contributed by atoms with van der Waals surface area (Å²) in [5.41, 5.74) is 1.67. The predicted octanol–water partition coefficient (Wildman–Crippen LogP) is 3.97. The minimum absolute atomic E-state index is 0.173. The zero-order chi connectivity index (χ0) is 23.8. The number of nitrogens with zero attached hydrogens (tertiary/aromatic N) is 5. The van der Waals surface area contributed by atoms with E-state index < -0.39 is 12.7 Å². The first kappa shape index (κ1) is 22.2. The van der Waals surface area contributed by atoms with Gasteiger partial charge in [0.2, 0.25) is 11.8 Å². The van der Waals surface area contributed by atoms with Gasteiger partial charge in [-0.3, -0.25) is 4.68 Å². The number of pyridine rings is 2. The number of aromatic hydroxyl groups is 1. The van der Waals surface area contributed by atoms with E-state index in [2.05, 4.69) is 15.1 Å². The fraction of sp³-hybridized carbons (Fsp3) is 0.286. The number of aromatic nitrogens is 5. The van der Waals surface area contributed by atoms with Gasteiger partial charge in [0.05, 0.1) is 43.8 Å². The molecule has 33 heavy (non-hydrogen) atoms. The van der Waals surface area contributed by atoms with E-state index in [1.54, 1.807) is 31.3 Å². The molecule has 4 aromatic rings. The summed E-state index contributed by atoms with van der Waals surface area (Å²) in [6.45, 7) is 0.724. The molecule has 0 aliphatic carbocycles. The van der Waals surface area contributed by atoms with Gasteiger partial charge in [0.15, 0.2) is 5.75 Å². The molecule has 0 unspecified atom stereocenters. The van der Waals surface area contributed by atoms with Crippen molar-refractivity contribution in [1.29, 1.82) is 0 Å². The Hall–Kier alpha value is -3.96. The van der Waals surface area contributed by atoms with Crippen molar-refractivity contribution in [2.75, 3.05) is 20.8 Å². The van der Waals surface area contributed by atoms with Gasteiger partial charge in [0, 0.05) is 18.0 Å². The lowest BCUT2D eigenvalue weighted by atomic mass is 10.1. The average Bonchev–Trinajstić information content (AvgIpc) is 3.34. The SMILES string of the molecule is CCOc1c2nc(-c3cnc(OC)c(OC)c3)ccc2c(O)n1-c1cnn(CC(F)(F)F)c1. The highest BCUT2D eigenvalue weighted by Gasteiger charge is 2.29. The number of rotatable bonds is 7. The van der Waals surface area contributed by atoms with E-state index in [0.717, 1.165) is 4.68 Å². The normalized spacial score (nSPS) is 11.7. The average molecular weight is 463 g/mol. The molecular formula is C21H20F3N5O4. The third kappa shape index (κ3) is 4.23. The monoisotopic (exact) mass is 463 g/mol. The molecule has 0 aromatic carbocycles. The third-order valence-electron chi connectivity index (χ3n) is 4.78. The second kappa shape index (κ2) is 8.52. The van der Waals surface area contributed by atoms with E-state index in [-0.39, 0.29) is 24.1 Å². The largest absolute Gasteiger partial charge is 0.494 e. The maximum absolute atomic E-state index is 12.7. The highest BCUT2D eigenvalue weighted by molar-refractivity contribution is 5.92. The summed E-state index contributed by atoms with van der Waals surface area (Å²) in [4.78, 5) is 8.83. The number of ether oxygens (including phenoxy) is 3. The van der Waals surface area contributed by atoms with Gasteiger partial charge in [0.1, 0.15) is 12.1 Å². The molecule has 174 valence electrons. The quantitative estimate of drug-likeness (QED) is 0.443. The number of fused-ring (bicyclic) bond motifs is 1. The molecule has 0 aliphatic rings. The predicted molar refractivity (Wildman–Crippen MR) is 112 cm³/mol. The highest BCUT2D eigenvalue weighted by Crippen LogP contribution is 2.40. The number of halogens is 3. The standard InChI is InChI=1S/C21H20F3N5O4/c1-4-33-20-17-14(19(30)29(20)13-9-26-28(10-13)11-21(22,23)24)5-6-15(27-17)12-7-16(31-2)18(32-3)25-8-12/h5-10,30H,4,11H2,1-3H3. The Kier molecular flexibility index (Phi) is 5.75. The summed E-state index contributed by atoms with van der Waals surface area (Å²) < 4.78 is 56.4. The fourth-order valence-electron chi connectivity index (χ4n) is 3.41. The highest BCUT2D eigenvalue weighted by atomic mass is 19.4. The van der Waals surface area contributed by atoms with Crippen LogP contribution in [0.1, 0.15) is 6.92 Å². The molecule has 1 N–H and O–H groups in total. The van der Waals surface area contributed by atoms with Gasteiger partial charge in [0.25, 0.3) is 5.88 Å². The molecule has 9 nitrogen and oxygen atoms in total. The Morgan fingerprint density at radius 2 is 1.91 bits per heavy atom. The van der Waals surface area contributed by atoms with Crippen molar-refractivity contribution in [3.8, 4) is 40.3 Å². The van der Waals surface area contributed by atoms with Gasteiger partial charge in [-0.25, -0.2) is 14.5 Å². The van der Waals surface area contributed by atoms with Gasteiger partial charge in [-0.1, -0.05) is 0 Å². The number of hydrogen-bond donors (Lipinski definition) is 1. The molecule has 0 amide bonds. The van der Waals surface area contributed by atoms with Crippen molar-refractivity contribution in [3.63, 3.8) is 0 Å². The van der Waals surface area contributed by atoms with Crippen LogP contribution < -0.4 is 14.2 Å². The van der Waals surface area contributed by atoms with E-state index >= 15 is 0 Å². The first-order valence-corrected chi connectivity index (χ1v) is 9.81. The summed E-state index contributed by atoms with van der Waals surface area (Å²) in [6.07, 6.45) is -0.479. The third-order valence-corrected chi connectivity index (χ3v) is 4.78. The zero-order valence-electron chi connectivity index (χ0n) is 17.9. The van der Waals surface area contributed by atoms with Gasteiger partial charge in [-0.05, 0) is 25.1 Å². The Morgan fingerprint density at radius 1 is 1.12 bits per heavy atom. The van der Waals surface area contributed by atoms with Crippen LogP contribution in [0.3, 0.4) is 0 Å². The van der Waals surface area contributed by atoms with Gasteiger partial charge >= 0.3 is 6.18 Å². The first-order valence-electron chi connectivity index (χ1n) is 9.81. The molecule has 0 spiro atoms. The number of hydrogen-bond acceptors (Lipinski definition) is 7. The van der Waals surface area contributed by atoms with Crippen LogP contribution in [0.4, 0.5) is 13.2 Å².